The average molecular weight is 577 g/mol. The van der Waals surface area contributed by atoms with Crippen molar-refractivity contribution in [3.63, 3.8) is 0 Å². The van der Waals surface area contributed by atoms with Crippen LogP contribution in [-0.4, -0.2) is 34.0 Å². The number of fused-ring (bicyclic) bond motifs is 1. The number of benzene rings is 1. The summed E-state index contributed by atoms with van der Waals surface area (Å²) >= 11 is 0. The Morgan fingerprint density at radius 2 is 1.69 bits per heavy atom. The monoisotopic (exact) mass is 576 g/mol. The van der Waals surface area contributed by atoms with E-state index in [-0.39, 0.29) is 35.2 Å². The van der Waals surface area contributed by atoms with Gasteiger partial charge in [-0.3, -0.25) is 14.8 Å². The number of nitrogens with zero attached hydrogens (tertiary/aromatic N) is 5. The Balaban J connectivity index is 0.00000420. The number of aromatic nitrogens is 1. The molecule has 0 aliphatic carbocycles. The fourth-order valence-electron chi connectivity index (χ4n) is 3.53. The molecule has 39 heavy (non-hydrogen) atoms. The molecule has 0 saturated carbocycles. The van der Waals surface area contributed by atoms with Crippen LogP contribution in [0.3, 0.4) is 0 Å². The summed E-state index contributed by atoms with van der Waals surface area (Å²) in [6, 6.07) is 6.25. The second-order valence-electron chi connectivity index (χ2n) is 9.39. The minimum atomic E-state index is -4.69. The lowest BCUT2D eigenvalue weighted by Crippen LogP contribution is -2.48. The summed E-state index contributed by atoms with van der Waals surface area (Å²) in [4.78, 5) is 16.3. The zero-order valence-corrected chi connectivity index (χ0v) is 21.5. The van der Waals surface area contributed by atoms with Crippen molar-refractivity contribution in [3.8, 4) is 0 Å². The molecule has 2 aromatic rings. The molecular formula is C24H23ClF6N6O2. The Morgan fingerprint density at radius 3 is 2.28 bits per heavy atom. The van der Waals surface area contributed by atoms with Gasteiger partial charge in [0.05, 0.1) is 22.2 Å². The maximum atomic E-state index is 13.7. The van der Waals surface area contributed by atoms with Crippen molar-refractivity contribution in [3.05, 3.63) is 77.5 Å². The molecule has 4 rings (SSSR count). The normalized spacial score (nSPS) is 17.2. The first-order valence-corrected chi connectivity index (χ1v) is 11.2. The molecule has 1 aromatic carbocycles. The molecule has 0 spiro atoms. The van der Waals surface area contributed by atoms with E-state index in [0.717, 1.165) is 24.3 Å². The number of nitrogens with one attached hydrogen (secondary N) is 1. The lowest BCUT2D eigenvalue weighted by Gasteiger charge is -2.38. The van der Waals surface area contributed by atoms with Crippen LogP contribution in [0, 0.1) is 5.41 Å². The zero-order chi connectivity index (χ0) is 27.9. The molecule has 0 fully saturated rings. The number of hydrazine groups is 1. The van der Waals surface area contributed by atoms with Gasteiger partial charge in [-0.25, -0.2) is 5.01 Å². The van der Waals surface area contributed by atoms with Gasteiger partial charge in [0.1, 0.15) is 0 Å². The van der Waals surface area contributed by atoms with E-state index in [2.05, 4.69) is 20.5 Å². The highest BCUT2D eigenvalue weighted by Gasteiger charge is 2.39. The Morgan fingerprint density at radius 1 is 1.03 bits per heavy atom. The number of azo groups is 1. The Labute approximate surface area is 225 Å². The van der Waals surface area contributed by atoms with Gasteiger partial charge in [0.25, 0.3) is 0 Å². The summed E-state index contributed by atoms with van der Waals surface area (Å²) in [7, 11) is 0. The Bertz CT molecular complexity index is 1300. The molecule has 15 heteroatoms. The summed E-state index contributed by atoms with van der Waals surface area (Å²) < 4.78 is 85.1. The van der Waals surface area contributed by atoms with Gasteiger partial charge < -0.3 is 10.1 Å². The van der Waals surface area contributed by atoms with Crippen LogP contribution < -0.4 is 5.32 Å². The molecular weight excluding hydrogens is 554 g/mol. The van der Waals surface area contributed by atoms with Crippen molar-refractivity contribution < 1.29 is 35.9 Å². The Hall–Kier alpha value is -3.81. The smallest absolute Gasteiger partial charge is 0.418 e. The SMILES string of the molecule is CC(C)(C)C(=O)OCN1C=C(c2ncccc2C(F)(F)F)C=C2N=NC(Nc3ccc(C(F)(F)F)cc3)N21.Cl. The lowest BCUT2D eigenvalue weighted by molar-refractivity contribution is -0.163. The minimum absolute atomic E-state index is 0. The largest absolute Gasteiger partial charge is 0.442 e. The third kappa shape index (κ3) is 6.61. The van der Waals surface area contributed by atoms with E-state index in [1.807, 2.05) is 0 Å². The van der Waals surface area contributed by atoms with Gasteiger partial charge in [-0.1, -0.05) is 0 Å². The molecule has 0 radical (unpaired) electrons. The molecule has 2 aliphatic heterocycles. The van der Waals surface area contributed by atoms with E-state index in [4.69, 9.17) is 4.74 Å². The van der Waals surface area contributed by atoms with Gasteiger partial charge in [-0.05, 0) is 63.2 Å². The number of allylic oxidation sites excluding steroid dienone is 2. The van der Waals surface area contributed by atoms with Crippen molar-refractivity contribution in [2.24, 2.45) is 15.6 Å². The van der Waals surface area contributed by atoms with Crippen LogP contribution in [0.4, 0.5) is 32.0 Å². The van der Waals surface area contributed by atoms with E-state index < -0.39 is 47.9 Å². The van der Waals surface area contributed by atoms with Gasteiger partial charge in [-0.2, -0.15) is 26.3 Å². The third-order valence-corrected chi connectivity index (χ3v) is 5.42. The van der Waals surface area contributed by atoms with E-state index in [9.17, 15) is 31.1 Å². The highest BCUT2D eigenvalue weighted by molar-refractivity contribution is 5.85. The summed E-state index contributed by atoms with van der Waals surface area (Å²) in [5, 5.41) is 13.7. The van der Waals surface area contributed by atoms with Crippen LogP contribution in [0.15, 0.2) is 70.9 Å². The van der Waals surface area contributed by atoms with Crippen molar-refractivity contribution in [2.45, 2.75) is 39.4 Å². The second kappa shape index (κ2) is 10.8. The number of alkyl halides is 6. The predicted molar refractivity (Wildman–Crippen MR) is 130 cm³/mol. The number of hydrogen-bond acceptors (Lipinski definition) is 8. The average Bonchev–Trinajstić information content (AvgIpc) is 3.23. The molecule has 8 nitrogen and oxygen atoms in total. The van der Waals surface area contributed by atoms with E-state index in [1.165, 1.54) is 40.6 Å². The number of carbonyl (C=O) groups excluding carboxylic acids is 1. The van der Waals surface area contributed by atoms with Gasteiger partial charge in [0, 0.05) is 23.7 Å². The maximum Gasteiger partial charge on any atom is 0.418 e. The number of esters is 1. The number of pyridine rings is 1. The first kappa shape index (κ1) is 29.7. The predicted octanol–water partition coefficient (Wildman–Crippen LogP) is 6.66. The zero-order valence-electron chi connectivity index (χ0n) is 20.7. The van der Waals surface area contributed by atoms with Crippen LogP contribution >= 0.6 is 12.4 Å². The second-order valence-corrected chi connectivity index (χ2v) is 9.39. The standard InChI is InChI=1S/C24H22F6N6O2.ClH/c1-22(2,3)20(37)38-13-35-12-14(19-17(24(28,29)30)5-4-10-31-19)11-18-33-34-21(36(18)35)32-16-8-6-15(7-9-16)23(25,26)27;/h4-12,21,32H,13H2,1-3H3;1H. The number of hydrogen-bond donors (Lipinski definition) is 1. The minimum Gasteiger partial charge on any atom is -0.442 e. The molecule has 0 saturated heterocycles. The first-order valence-electron chi connectivity index (χ1n) is 11.2. The molecule has 1 N–H and O–H groups in total. The number of rotatable bonds is 5. The molecule has 1 atom stereocenters. The van der Waals surface area contributed by atoms with Crippen molar-refractivity contribution in [1.82, 2.24) is 15.0 Å². The quantitative estimate of drug-likeness (QED) is 0.316. The van der Waals surface area contributed by atoms with E-state index >= 15 is 0 Å². The summed E-state index contributed by atoms with van der Waals surface area (Å²) in [5.41, 5.74) is -2.73. The molecule has 0 amide bonds. The maximum absolute atomic E-state index is 13.7. The fourth-order valence-corrected chi connectivity index (χ4v) is 3.53. The van der Waals surface area contributed by atoms with E-state index in [1.54, 1.807) is 20.8 Å². The third-order valence-electron chi connectivity index (χ3n) is 5.42. The van der Waals surface area contributed by atoms with Gasteiger partial charge in [0.15, 0.2) is 12.6 Å². The molecule has 210 valence electrons. The molecule has 2 aliphatic rings. The van der Waals surface area contributed by atoms with Gasteiger partial charge in [0.2, 0.25) is 6.29 Å². The topological polar surface area (TPSA) is 82.4 Å². The number of halogens is 7. The molecule has 1 aromatic heterocycles. The van der Waals surface area contributed by atoms with E-state index in [0.29, 0.717) is 0 Å². The highest BCUT2D eigenvalue weighted by Crippen LogP contribution is 2.38. The van der Waals surface area contributed by atoms with Crippen LogP contribution in [0.2, 0.25) is 0 Å². The number of ether oxygens (including phenoxy) is 1. The molecule has 1 unspecified atom stereocenters. The van der Waals surface area contributed by atoms with Crippen molar-refractivity contribution >= 4 is 29.6 Å². The van der Waals surface area contributed by atoms with Gasteiger partial charge >= 0.3 is 18.3 Å². The first-order chi connectivity index (χ1) is 17.6. The molecule has 3 heterocycles. The molecule has 0 bridgehead atoms. The van der Waals surface area contributed by atoms with Crippen LogP contribution in [0.25, 0.3) is 5.57 Å². The van der Waals surface area contributed by atoms with Crippen molar-refractivity contribution in [2.75, 3.05) is 12.0 Å². The lowest BCUT2D eigenvalue weighted by atomic mass is 9.98. The summed E-state index contributed by atoms with van der Waals surface area (Å²) in [5.74, 6) is -0.477. The van der Waals surface area contributed by atoms with Gasteiger partial charge in [-0.15, -0.1) is 22.6 Å². The number of anilines is 1. The summed E-state index contributed by atoms with van der Waals surface area (Å²) in [6.45, 7) is 4.49. The van der Waals surface area contributed by atoms with Crippen LogP contribution in [0.1, 0.15) is 37.6 Å². The highest BCUT2D eigenvalue weighted by atomic mass is 35.5. The Kier molecular flexibility index (Phi) is 8.20. The number of carbonyl (C=O) groups is 1. The summed E-state index contributed by atoms with van der Waals surface area (Å²) in [6.07, 6.45) is -6.36. The van der Waals surface area contributed by atoms with Crippen molar-refractivity contribution in [1.29, 1.82) is 0 Å². The van der Waals surface area contributed by atoms with Crippen LogP contribution in [0.5, 0.6) is 0 Å². The fraction of sp³-hybridized carbons (Fsp3) is 0.333. The van der Waals surface area contributed by atoms with Crippen LogP contribution in [-0.2, 0) is 21.9 Å².